The van der Waals surface area contributed by atoms with Gasteiger partial charge >= 0.3 is 5.97 Å². The molecule has 0 aromatic heterocycles. The number of carbonyl (C=O) groups is 1. The van der Waals surface area contributed by atoms with Gasteiger partial charge in [-0.3, -0.25) is 4.79 Å². The molecule has 0 amide bonds. The fourth-order valence-electron chi connectivity index (χ4n) is 2.26. The van der Waals surface area contributed by atoms with Crippen molar-refractivity contribution in [3.63, 3.8) is 0 Å². The van der Waals surface area contributed by atoms with E-state index in [4.69, 9.17) is 5.73 Å². The first-order valence-corrected chi connectivity index (χ1v) is 6.78. The van der Waals surface area contributed by atoms with E-state index in [2.05, 4.69) is 4.74 Å². The lowest BCUT2D eigenvalue weighted by molar-refractivity contribution is -0.142. The SMILES string of the molecule is COC(=O)[C@@H](N)Cc1ccc(O)cc1Cc1ccccc1.Cl. The molecular weight excluding hydrogens is 302 g/mol. The zero-order chi connectivity index (χ0) is 15.2. The molecular formula is C17H20ClNO3. The summed E-state index contributed by atoms with van der Waals surface area (Å²) in [4.78, 5) is 11.5. The van der Waals surface area contributed by atoms with E-state index < -0.39 is 12.0 Å². The Morgan fingerprint density at radius 1 is 1.18 bits per heavy atom. The first-order valence-electron chi connectivity index (χ1n) is 6.78. The van der Waals surface area contributed by atoms with Crippen molar-refractivity contribution in [3.8, 4) is 5.75 Å². The number of benzene rings is 2. The van der Waals surface area contributed by atoms with Gasteiger partial charge in [0.25, 0.3) is 0 Å². The molecule has 0 spiro atoms. The Kier molecular flexibility index (Phi) is 6.89. The third-order valence-electron chi connectivity index (χ3n) is 3.37. The summed E-state index contributed by atoms with van der Waals surface area (Å²) < 4.78 is 4.65. The predicted octanol–water partition coefficient (Wildman–Crippen LogP) is 2.45. The highest BCUT2D eigenvalue weighted by atomic mass is 35.5. The number of ether oxygens (including phenoxy) is 1. The second kappa shape index (κ2) is 8.41. The molecule has 2 rings (SSSR count). The number of carbonyl (C=O) groups excluding carboxylic acids is 1. The van der Waals surface area contributed by atoms with Gasteiger partial charge in [0.1, 0.15) is 11.8 Å². The maximum absolute atomic E-state index is 11.5. The first kappa shape index (κ1) is 18.0. The number of esters is 1. The Bertz CT molecular complexity index is 617. The molecule has 0 saturated carbocycles. The molecule has 2 aromatic carbocycles. The quantitative estimate of drug-likeness (QED) is 0.830. The molecule has 0 bridgehead atoms. The number of hydrogen-bond donors (Lipinski definition) is 2. The Hall–Kier alpha value is -2.04. The van der Waals surface area contributed by atoms with Crippen LogP contribution in [0.25, 0.3) is 0 Å². The summed E-state index contributed by atoms with van der Waals surface area (Å²) in [6.07, 6.45) is 1.06. The van der Waals surface area contributed by atoms with E-state index in [1.54, 1.807) is 18.2 Å². The highest BCUT2D eigenvalue weighted by Gasteiger charge is 2.16. The molecule has 5 heteroatoms. The highest BCUT2D eigenvalue weighted by Crippen LogP contribution is 2.21. The third kappa shape index (κ3) is 4.76. The number of aromatic hydroxyl groups is 1. The lowest BCUT2D eigenvalue weighted by atomic mass is 9.95. The molecule has 3 N–H and O–H groups in total. The van der Waals surface area contributed by atoms with Gasteiger partial charge in [-0.25, -0.2) is 0 Å². The van der Waals surface area contributed by atoms with Gasteiger partial charge in [-0.1, -0.05) is 36.4 Å². The number of phenols is 1. The van der Waals surface area contributed by atoms with Gasteiger partial charge in [0.15, 0.2) is 0 Å². The van der Waals surface area contributed by atoms with Crippen LogP contribution in [0.5, 0.6) is 5.75 Å². The van der Waals surface area contributed by atoms with Gasteiger partial charge in [0.05, 0.1) is 7.11 Å². The Balaban J connectivity index is 0.00000242. The van der Waals surface area contributed by atoms with Crippen LogP contribution < -0.4 is 5.73 Å². The van der Waals surface area contributed by atoms with Crippen molar-refractivity contribution in [2.24, 2.45) is 5.73 Å². The minimum atomic E-state index is -0.700. The van der Waals surface area contributed by atoms with Crippen LogP contribution in [0, 0.1) is 0 Å². The first-order chi connectivity index (χ1) is 10.1. The average Bonchev–Trinajstić information content (AvgIpc) is 2.50. The van der Waals surface area contributed by atoms with Crippen molar-refractivity contribution in [3.05, 3.63) is 65.2 Å². The lowest BCUT2D eigenvalue weighted by Gasteiger charge is -2.14. The summed E-state index contributed by atoms with van der Waals surface area (Å²) in [6.45, 7) is 0. The molecule has 0 radical (unpaired) electrons. The van der Waals surface area contributed by atoms with Crippen molar-refractivity contribution >= 4 is 18.4 Å². The molecule has 0 saturated heterocycles. The van der Waals surface area contributed by atoms with Crippen molar-refractivity contribution in [2.45, 2.75) is 18.9 Å². The maximum atomic E-state index is 11.5. The lowest BCUT2D eigenvalue weighted by Crippen LogP contribution is -2.33. The molecule has 118 valence electrons. The van der Waals surface area contributed by atoms with E-state index in [0.717, 1.165) is 16.7 Å². The molecule has 0 fully saturated rings. The van der Waals surface area contributed by atoms with Crippen molar-refractivity contribution < 1.29 is 14.6 Å². The van der Waals surface area contributed by atoms with Gasteiger partial charge in [-0.15, -0.1) is 12.4 Å². The smallest absolute Gasteiger partial charge is 0.322 e. The van der Waals surface area contributed by atoms with Gasteiger partial charge in [-0.05, 0) is 41.7 Å². The largest absolute Gasteiger partial charge is 0.508 e. The Labute approximate surface area is 136 Å². The molecule has 0 aliphatic carbocycles. The number of nitrogens with two attached hydrogens (primary N) is 1. The second-order valence-electron chi connectivity index (χ2n) is 4.95. The summed E-state index contributed by atoms with van der Waals surface area (Å²) in [5, 5.41) is 9.68. The fraction of sp³-hybridized carbons (Fsp3) is 0.235. The van der Waals surface area contributed by atoms with Gasteiger partial charge in [-0.2, -0.15) is 0 Å². The van der Waals surface area contributed by atoms with Crippen LogP contribution in [0.1, 0.15) is 16.7 Å². The third-order valence-corrected chi connectivity index (χ3v) is 3.37. The standard InChI is InChI=1S/C17H19NO3.ClH/c1-21-17(20)16(18)11-13-7-8-15(19)10-14(13)9-12-5-3-2-4-6-12;/h2-8,10,16,19H,9,11,18H2,1H3;1H/t16-;/m0./s1. The van der Waals surface area contributed by atoms with E-state index in [0.29, 0.717) is 12.8 Å². The number of halogens is 1. The van der Waals surface area contributed by atoms with Crippen LogP contribution >= 0.6 is 12.4 Å². The fourth-order valence-corrected chi connectivity index (χ4v) is 2.26. The van der Waals surface area contributed by atoms with Crippen LogP contribution in [0.3, 0.4) is 0 Å². The van der Waals surface area contributed by atoms with Crippen LogP contribution in [-0.4, -0.2) is 24.2 Å². The molecule has 0 aliphatic heterocycles. The molecule has 2 aromatic rings. The predicted molar refractivity (Wildman–Crippen MR) is 88.3 cm³/mol. The Morgan fingerprint density at radius 3 is 2.50 bits per heavy atom. The van der Waals surface area contributed by atoms with Gasteiger partial charge in [0, 0.05) is 0 Å². The van der Waals surface area contributed by atoms with Crippen LogP contribution in [0.4, 0.5) is 0 Å². The maximum Gasteiger partial charge on any atom is 0.322 e. The number of phenolic OH excluding ortho intramolecular Hbond substituents is 1. The number of rotatable bonds is 5. The molecule has 0 unspecified atom stereocenters. The molecule has 0 heterocycles. The van der Waals surface area contributed by atoms with Gasteiger partial charge in [0.2, 0.25) is 0 Å². The van der Waals surface area contributed by atoms with E-state index in [1.165, 1.54) is 7.11 Å². The number of methoxy groups -OCH3 is 1. The van der Waals surface area contributed by atoms with Crippen LogP contribution in [0.2, 0.25) is 0 Å². The van der Waals surface area contributed by atoms with Crippen LogP contribution in [0.15, 0.2) is 48.5 Å². The van der Waals surface area contributed by atoms with Crippen LogP contribution in [-0.2, 0) is 22.4 Å². The summed E-state index contributed by atoms with van der Waals surface area (Å²) in [5.41, 5.74) is 8.86. The topological polar surface area (TPSA) is 72.5 Å². The highest BCUT2D eigenvalue weighted by molar-refractivity contribution is 5.85. The normalized spacial score (nSPS) is 11.4. The minimum absolute atomic E-state index is 0. The zero-order valence-electron chi connectivity index (χ0n) is 12.4. The summed E-state index contributed by atoms with van der Waals surface area (Å²) >= 11 is 0. The molecule has 22 heavy (non-hydrogen) atoms. The molecule has 4 nitrogen and oxygen atoms in total. The van der Waals surface area contributed by atoms with E-state index in [-0.39, 0.29) is 18.2 Å². The van der Waals surface area contributed by atoms with E-state index >= 15 is 0 Å². The van der Waals surface area contributed by atoms with E-state index in [9.17, 15) is 9.90 Å². The Morgan fingerprint density at radius 2 is 1.86 bits per heavy atom. The van der Waals surface area contributed by atoms with Crippen molar-refractivity contribution in [2.75, 3.05) is 7.11 Å². The zero-order valence-corrected chi connectivity index (χ0v) is 13.2. The monoisotopic (exact) mass is 321 g/mol. The van der Waals surface area contributed by atoms with Gasteiger partial charge < -0.3 is 15.6 Å². The molecule has 1 atom stereocenters. The minimum Gasteiger partial charge on any atom is -0.508 e. The van der Waals surface area contributed by atoms with Crippen molar-refractivity contribution in [1.82, 2.24) is 0 Å². The second-order valence-corrected chi connectivity index (χ2v) is 4.95. The van der Waals surface area contributed by atoms with E-state index in [1.807, 2.05) is 30.3 Å². The summed E-state index contributed by atoms with van der Waals surface area (Å²) in [5.74, 6) is -0.231. The average molecular weight is 322 g/mol. The summed E-state index contributed by atoms with van der Waals surface area (Å²) in [6, 6.07) is 14.4. The summed E-state index contributed by atoms with van der Waals surface area (Å²) in [7, 11) is 1.32. The van der Waals surface area contributed by atoms with Crippen molar-refractivity contribution in [1.29, 1.82) is 0 Å². The molecule has 0 aliphatic rings. The number of hydrogen-bond acceptors (Lipinski definition) is 4.